The second-order valence-corrected chi connectivity index (χ2v) is 6.81. The van der Waals surface area contributed by atoms with Crippen LogP contribution >= 0.6 is 0 Å². The number of carbonyl (C=O) groups is 1. The Morgan fingerprint density at radius 1 is 0.760 bits per heavy atom. The molecule has 0 saturated heterocycles. The Hall–Kier alpha value is -2.09. The molecule has 0 aliphatic carbocycles. The van der Waals surface area contributed by atoms with Crippen molar-refractivity contribution in [2.45, 2.75) is 63.7 Å². The fraction of sp³-hybridized carbons (Fsp3) is 0.435. The summed E-state index contributed by atoms with van der Waals surface area (Å²) in [6.45, 7) is 2.22. The summed E-state index contributed by atoms with van der Waals surface area (Å²) in [4.78, 5) is 12.4. The van der Waals surface area contributed by atoms with E-state index in [0.29, 0.717) is 6.42 Å². The fourth-order valence-electron chi connectivity index (χ4n) is 3.60. The van der Waals surface area contributed by atoms with Crippen molar-refractivity contribution in [3.05, 3.63) is 71.8 Å². The van der Waals surface area contributed by atoms with Gasteiger partial charge in [0.15, 0.2) is 0 Å². The Morgan fingerprint density at radius 3 is 1.64 bits per heavy atom. The first-order valence-corrected chi connectivity index (χ1v) is 9.56. The predicted molar refractivity (Wildman–Crippen MR) is 104 cm³/mol. The summed E-state index contributed by atoms with van der Waals surface area (Å²) in [5, 5.41) is 10.2. The summed E-state index contributed by atoms with van der Waals surface area (Å²) in [5.74, 6) is -0.754. The number of aliphatic carboxylic acids is 1. The average molecular weight is 338 g/mol. The largest absolute Gasteiger partial charge is 0.480 e. The van der Waals surface area contributed by atoms with Crippen LogP contribution in [0.25, 0.3) is 0 Å². The molecule has 25 heavy (non-hydrogen) atoms. The van der Waals surface area contributed by atoms with Crippen molar-refractivity contribution in [3.63, 3.8) is 0 Å². The molecule has 2 aromatic carbocycles. The molecular weight excluding hydrogens is 308 g/mol. The van der Waals surface area contributed by atoms with Crippen molar-refractivity contribution < 1.29 is 9.90 Å². The van der Waals surface area contributed by atoms with Crippen molar-refractivity contribution in [3.8, 4) is 0 Å². The molecule has 0 atom stereocenters. The highest BCUT2D eigenvalue weighted by molar-refractivity contribution is 5.86. The maximum Gasteiger partial charge on any atom is 0.318 e. The van der Waals surface area contributed by atoms with Crippen LogP contribution in [0.4, 0.5) is 0 Å². The van der Waals surface area contributed by atoms with Gasteiger partial charge in [-0.2, -0.15) is 0 Å². The second-order valence-electron chi connectivity index (χ2n) is 6.81. The van der Waals surface area contributed by atoms with Crippen molar-refractivity contribution in [1.82, 2.24) is 0 Å². The van der Waals surface area contributed by atoms with Crippen LogP contribution in [0.1, 0.15) is 69.4 Å². The number of hydrogen-bond acceptors (Lipinski definition) is 1. The van der Waals surface area contributed by atoms with Crippen LogP contribution in [0.3, 0.4) is 0 Å². The van der Waals surface area contributed by atoms with E-state index in [0.717, 1.165) is 24.0 Å². The number of carboxylic acids is 1. The van der Waals surface area contributed by atoms with Crippen molar-refractivity contribution in [2.24, 2.45) is 0 Å². The molecule has 0 saturated carbocycles. The highest BCUT2D eigenvalue weighted by Gasteiger charge is 2.41. The Bertz CT molecular complexity index is 580. The van der Waals surface area contributed by atoms with E-state index in [-0.39, 0.29) is 0 Å². The first kappa shape index (κ1) is 19.2. The highest BCUT2D eigenvalue weighted by atomic mass is 16.4. The summed E-state index contributed by atoms with van der Waals surface area (Å²) in [7, 11) is 0. The van der Waals surface area contributed by atoms with Crippen LogP contribution in [-0.4, -0.2) is 11.1 Å². The van der Waals surface area contributed by atoms with Gasteiger partial charge in [-0.3, -0.25) is 4.79 Å². The van der Waals surface area contributed by atoms with Gasteiger partial charge in [0, 0.05) is 0 Å². The van der Waals surface area contributed by atoms with Gasteiger partial charge in [-0.25, -0.2) is 0 Å². The van der Waals surface area contributed by atoms with E-state index >= 15 is 0 Å². The number of carboxylic acid groups (broad SMARTS) is 1. The minimum Gasteiger partial charge on any atom is -0.480 e. The first-order valence-electron chi connectivity index (χ1n) is 9.56. The minimum absolute atomic E-state index is 0.643. The monoisotopic (exact) mass is 338 g/mol. The van der Waals surface area contributed by atoms with Gasteiger partial charge in [0.1, 0.15) is 5.41 Å². The Labute approximate surface area is 151 Å². The predicted octanol–water partition coefficient (Wildman–Crippen LogP) is 6.20. The lowest BCUT2D eigenvalue weighted by Gasteiger charge is -2.31. The zero-order valence-electron chi connectivity index (χ0n) is 15.3. The van der Waals surface area contributed by atoms with Crippen LogP contribution in [0.5, 0.6) is 0 Å². The first-order chi connectivity index (χ1) is 12.2. The van der Waals surface area contributed by atoms with Gasteiger partial charge in [-0.15, -0.1) is 0 Å². The molecule has 0 radical (unpaired) electrons. The number of rotatable bonds is 11. The maximum absolute atomic E-state index is 12.4. The third kappa shape index (κ3) is 4.94. The van der Waals surface area contributed by atoms with E-state index in [1.165, 1.54) is 32.1 Å². The topological polar surface area (TPSA) is 37.3 Å². The normalized spacial score (nSPS) is 11.4. The molecule has 0 fully saturated rings. The molecule has 0 amide bonds. The van der Waals surface area contributed by atoms with Gasteiger partial charge in [-0.1, -0.05) is 113 Å². The van der Waals surface area contributed by atoms with Gasteiger partial charge in [-0.05, 0) is 17.5 Å². The van der Waals surface area contributed by atoms with Crippen LogP contribution in [0, 0.1) is 0 Å². The fourth-order valence-corrected chi connectivity index (χ4v) is 3.60. The molecule has 2 nitrogen and oxygen atoms in total. The number of unbranched alkanes of at least 4 members (excludes halogenated alkanes) is 6. The standard InChI is InChI=1S/C23H30O2/c1-2-3-4-5-6-7-14-19-23(22(24)25,20-15-10-8-11-16-20)21-17-12-9-13-18-21/h8-13,15-18H,2-7,14,19H2,1H3,(H,24,25). The van der Waals surface area contributed by atoms with E-state index in [1.54, 1.807) is 0 Å². The molecule has 0 aliphatic rings. The lowest BCUT2D eigenvalue weighted by atomic mass is 9.71. The van der Waals surface area contributed by atoms with Crippen molar-refractivity contribution >= 4 is 5.97 Å². The average Bonchev–Trinajstić information content (AvgIpc) is 2.65. The lowest BCUT2D eigenvalue weighted by Crippen LogP contribution is -2.37. The lowest BCUT2D eigenvalue weighted by molar-refractivity contribution is -0.142. The van der Waals surface area contributed by atoms with E-state index < -0.39 is 11.4 Å². The Balaban J connectivity index is 2.16. The minimum atomic E-state index is -0.952. The number of benzene rings is 2. The Kier molecular flexibility index (Phi) is 7.72. The van der Waals surface area contributed by atoms with E-state index in [1.807, 2.05) is 60.7 Å². The quantitative estimate of drug-likeness (QED) is 0.495. The van der Waals surface area contributed by atoms with Crippen molar-refractivity contribution in [2.75, 3.05) is 0 Å². The van der Waals surface area contributed by atoms with E-state index in [2.05, 4.69) is 6.92 Å². The third-order valence-corrected chi connectivity index (χ3v) is 5.05. The van der Waals surface area contributed by atoms with Crippen LogP contribution in [-0.2, 0) is 10.2 Å². The Morgan fingerprint density at radius 2 is 1.20 bits per heavy atom. The summed E-state index contributed by atoms with van der Waals surface area (Å²) >= 11 is 0. The molecule has 0 bridgehead atoms. The molecule has 1 N–H and O–H groups in total. The van der Waals surface area contributed by atoms with Crippen LogP contribution < -0.4 is 0 Å². The SMILES string of the molecule is CCCCCCCCCC(C(=O)O)(c1ccccc1)c1ccccc1. The third-order valence-electron chi connectivity index (χ3n) is 5.05. The zero-order chi connectivity index (χ0) is 18.0. The van der Waals surface area contributed by atoms with Gasteiger partial charge in [0.05, 0.1) is 0 Å². The molecule has 2 aromatic rings. The summed E-state index contributed by atoms with van der Waals surface area (Å²) < 4.78 is 0. The molecule has 2 heteroatoms. The van der Waals surface area contributed by atoms with Gasteiger partial charge in [0.25, 0.3) is 0 Å². The van der Waals surface area contributed by atoms with Gasteiger partial charge >= 0.3 is 5.97 Å². The summed E-state index contributed by atoms with van der Waals surface area (Å²) in [5.41, 5.74) is 0.797. The van der Waals surface area contributed by atoms with Crippen LogP contribution in [0.2, 0.25) is 0 Å². The molecule has 0 unspecified atom stereocenters. The molecule has 0 heterocycles. The molecule has 0 aliphatic heterocycles. The molecule has 2 rings (SSSR count). The van der Waals surface area contributed by atoms with Gasteiger partial charge in [0.2, 0.25) is 0 Å². The zero-order valence-corrected chi connectivity index (χ0v) is 15.3. The molecule has 0 aromatic heterocycles. The second kappa shape index (κ2) is 10.0. The maximum atomic E-state index is 12.4. The summed E-state index contributed by atoms with van der Waals surface area (Å²) in [6.07, 6.45) is 8.96. The molecular formula is C23H30O2. The highest BCUT2D eigenvalue weighted by Crippen LogP contribution is 2.37. The van der Waals surface area contributed by atoms with Gasteiger partial charge < -0.3 is 5.11 Å². The molecule has 0 spiro atoms. The smallest absolute Gasteiger partial charge is 0.318 e. The number of hydrogen-bond donors (Lipinski definition) is 1. The van der Waals surface area contributed by atoms with Crippen molar-refractivity contribution in [1.29, 1.82) is 0 Å². The molecule has 134 valence electrons. The van der Waals surface area contributed by atoms with E-state index in [9.17, 15) is 9.90 Å². The van der Waals surface area contributed by atoms with E-state index in [4.69, 9.17) is 0 Å². The van der Waals surface area contributed by atoms with Crippen LogP contribution in [0.15, 0.2) is 60.7 Å². The summed E-state index contributed by atoms with van der Waals surface area (Å²) in [6, 6.07) is 19.4.